The van der Waals surface area contributed by atoms with Crippen LogP contribution in [0, 0.1) is 0 Å². The van der Waals surface area contributed by atoms with Crippen LogP contribution in [0.1, 0.15) is 34.1 Å². The zero-order valence-electron chi connectivity index (χ0n) is 18.4. The molecule has 174 valence electrons. The van der Waals surface area contributed by atoms with Crippen LogP contribution in [0.25, 0.3) is 0 Å². The predicted molar refractivity (Wildman–Crippen MR) is 128 cm³/mol. The van der Waals surface area contributed by atoms with Crippen molar-refractivity contribution in [2.24, 2.45) is 0 Å². The first-order valence-corrected chi connectivity index (χ1v) is 12.7. The summed E-state index contributed by atoms with van der Waals surface area (Å²) in [5.74, 6) is -0.284. The molecule has 0 radical (unpaired) electrons. The number of aromatic nitrogens is 1. The van der Waals surface area contributed by atoms with Gasteiger partial charge in [0.25, 0.3) is 5.91 Å². The molecule has 1 saturated heterocycles. The Morgan fingerprint density at radius 1 is 1.31 bits per heavy atom. The molecule has 0 saturated carbocycles. The van der Waals surface area contributed by atoms with E-state index < -0.39 is 0 Å². The molecule has 0 aromatic carbocycles. The van der Waals surface area contributed by atoms with Crippen LogP contribution < -0.4 is 10.6 Å². The zero-order chi connectivity index (χ0) is 22.8. The number of likely N-dealkylation sites (tertiary alicyclic amines) is 1. The number of carbonyl (C=O) groups excluding carboxylic acids is 2. The van der Waals surface area contributed by atoms with Gasteiger partial charge in [0.2, 0.25) is 5.91 Å². The van der Waals surface area contributed by atoms with Crippen LogP contribution in [0.2, 0.25) is 4.34 Å². The van der Waals surface area contributed by atoms with E-state index in [-0.39, 0.29) is 30.5 Å². The average molecular weight is 498 g/mol. The van der Waals surface area contributed by atoms with Crippen molar-refractivity contribution in [2.75, 3.05) is 38.6 Å². The van der Waals surface area contributed by atoms with Gasteiger partial charge >= 0.3 is 0 Å². The third-order valence-corrected chi connectivity index (χ3v) is 8.09. The maximum absolute atomic E-state index is 12.7. The van der Waals surface area contributed by atoms with Crippen LogP contribution in [-0.4, -0.2) is 78.1 Å². The molecule has 2 aromatic heterocycles. The maximum Gasteiger partial charge on any atom is 0.261 e. The summed E-state index contributed by atoms with van der Waals surface area (Å²) in [5.41, 5.74) is 1.10. The van der Waals surface area contributed by atoms with Gasteiger partial charge < -0.3 is 15.4 Å². The molecule has 2 amide bonds. The zero-order valence-corrected chi connectivity index (χ0v) is 20.8. The van der Waals surface area contributed by atoms with Gasteiger partial charge in [0.05, 0.1) is 33.6 Å². The van der Waals surface area contributed by atoms with E-state index in [4.69, 9.17) is 16.3 Å². The van der Waals surface area contributed by atoms with Gasteiger partial charge in [-0.25, -0.2) is 4.98 Å². The summed E-state index contributed by atoms with van der Waals surface area (Å²) >= 11 is 8.73. The van der Waals surface area contributed by atoms with Crippen molar-refractivity contribution >= 4 is 51.2 Å². The van der Waals surface area contributed by atoms with Gasteiger partial charge in [-0.05, 0) is 26.0 Å². The lowest BCUT2D eigenvalue weighted by molar-refractivity contribution is -0.117. The molecule has 0 bridgehead atoms. The number of hydrogen-bond acceptors (Lipinski definition) is 8. The molecule has 4 heterocycles. The number of nitrogens with one attached hydrogen (secondary N) is 2. The van der Waals surface area contributed by atoms with E-state index in [1.54, 1.807) is 30.6 Å². The number of fused-ring (bicyclic) bond motifs is 1. The second-order valence-corrected chi connectivity index (χ2v) is 11.2. The first kappa shape index (κ1) is 23.6. The summed E-state index contributed by atoms with van der Waals surface area (Å²) in [6, 6.07) is 3.71. The van der Waals surface area contributed by atoms with Crippen molar-refractivity contribution < 1.29 is 14.3 Å². The third-order valence-electron chi connectivity index (χ3n) is 5.86. The number of thiophene rings is 1. The van der Waals surface area contributed by atoms with Gasteiger partial charge in [-0.2, -0.15) is 0 Å². The number of halogens is 1. The number of nitrogens with zero attached hydrogens (tertiary/aromatic N) is 3. The second kappa shape index (κ2) is 10.1. The van der Waals surface area contributed by atoms with Crippen LogP contribution in [0.4, 0.5) is 5.13 Å². The average Bonchev–Trinajstić information content (AvgIpc) is 3.45. The fourth-order valence-electron chi connectivity index (χ4n) is 4.11. The molecule has 2 aromatic rings. The Balaban J connectivity index is 1.30. The molecule has 2 aliphatic rings. The highest BCUT2D eigenvalue weighted by Crippen LogP contribution is 2.29. The minimum atomic E-state index is -0.199. The fraction of sp³-hybridized carbons (Fsp3) is 0.571. The quantitative estimate of drug-likeness (QED) is 0.611. The standard InChI is InChI=1S/C21H28ClN5O3S2/c1-12(2)27-7-6-13-17(10-27)32-21(24-13)25-19(28)11-26-8-14(15(9-26)30-3)23-20(29)16-4-5-18(22)31-16/h4-5,12,14-15H,6-11H2,1-3H3,(H,23,29)(H,24,25,28)/t14-,15-/m0/s1. The summed E-state index contributed by atoms with van der Waals surface area (Å²) in [7, 11) is 1.62. The predicted octanol–water partition coefficient (Wildman–Crippen LogP) is 2.69. The number of carbonyl (C=O) groups is 2. The van der Waals surface area contributed by atoms with E-state index in [1.165, 1.54) is 16.2 Å². The fourth-order valence-corrected chi connectivity index (χ4v) is 6.10. The van der Waals surface area contributed by atoms with Crippen LogP contribution in [-0.2, 0) is 22.5 Å². The lowest BCUT2D eigenvalue weighted by atomic mass is 10.1. The number of amides is 2. The van der Waals surface area contributed by atoms with Crippen LogP contribution in [0.5, 0.6) is 0 Å². The van der Waals surface area contributed by atoms with Crippen molar-refractivity contribution in [3.63, 3.8) is 0 Å². The Bertz CT molecular complexity index is 979. The third kappa shape index (κ3) is 5.49. The number of hydrogen-bond donors (Lipinski definition) is 2. The minimum absolute atomic E-state index is 0.108. The molecule has 8 nitrogen and oxygen atoms in total. The molecule has 0 spiro atoms. The van der Waals surface area contributed by atoms with Gasteiger partial charge in [0.1, 0.15) is 0 Å². The smallest absolute Gasteiger partial charge is 0.261 e. The van der Waals surface area contributed by atoms with E-state index in [0.717, 1.165) is 25.2 Å². The van der Waals surface area contributed by atoms with Gasteiger partial charge in [0.15, 0.2) is 5.13 Å². The SMILES string of the molecule is CO[C@H]1CN(CC(=O)Nc2nc3c(s2)CN(C(C)C)CC3)C[C@@H]1NC(=O)c1ccc(Cl)s1. The lowest BCUT2D eigenvalue weighted by Gasteiger charge is -2.29. The Kier molecular flexibility index (Phi) is 7.48. The number of rotatable bonds is 7. The lowest BCUT2D eigenvalue weighted by Crippen LogP contribution is -2.43. The van der Waals surface area contributed by atoms with Gasteiger partial charge in [-0.3, -0.25) is 19.4 Å². The van der Waals surface area contributed by atoms with Crippen molar-refractivity contribution in [3.8, 4) is 0 Å². The molecule has 2 aliphatic heterocycles. The molecule has 0 aliphatic carbocycles. The number of anilines is 1. The Hall–Kier alpha value is -1.56. The van der Waals surface area contributed by atoms with E-state index in [2.05, 4.69) is 34.4 Å². The molecular weight excluding hydrogens is 470 g/mol. The van der Waals surface area contributed by atoms with E-state index >= 15 is 0 Å². The van der Waals surface area contributed by atoms with Crippen LogP contribution >= 0.6 is 34.3 Å². The number of ether oxygens (including phenoxy) is 1. The topological polar surface area (TPSA) is 86.8 Å². The molecule has 2 atom stereocenters. The molecule has 1 fully saturated rings. The number of methoxy groups -OCH3 is 1. The Labute approximate surface area is 200 Å². The second-order valence-electron chi connectivity index (χ2n) is 8.40. The largest absolute Gasteiger partial charge is 0.378 e. The molecule has 4 rings (SSSR count). The molecule has 2 N–H and O–H groups in total. The first-order chi connectivity index (χ1) is 15.3. The highest BCUT2D eigenvalue weighted by Gasteiger charge is 2.35. The first-order valence-electron chi connectivity index (χ1n) is 10.7. The van der Waals surface area contributed by atoms with Crippen molar-refractivity contribution in [1.29, 1.82) is 0 Å². The summed E-state index contributed by atoms with van der Waals surface area (Å²) < 4.78 is 6.13. The van der Waals surface area contributed by atoms with E-state index in [0.29, 0.717) is 33.5 Å². The number of thiazole rings is 1. The van der Waals surface area contributed by atoms with Gasteiger partial charge in [-0.15, -0.1) is 22.7 Å². The monoisotopic (exact) mass is 497 g/mol. The van der Waals surface area contributed by atoms with Crippen molar-refractivity contribution in [3.05, 3.63) is 31.9 Å². The van der Waals surface area contributed by atoms with Gasteiger partial charge in [-0.1, -0.05) is 11.6 Å². The van der Waals surface area contributed by atoms with E-state index in [1.807, 2.05) is 4.90 Å². The maximum atomic E-state index is 12.7. The summed E-state index contributed by atoms with van der Waals surface area (Å²) in [5, 5.41) is 6.62. The van der Waals surface area contributed by atoms with Crippen LogP contribution in [0.15, 0.2) is 12.1 Å². The summed E-state index contributed by atoms with van der Waals surface area (Å²) in [6.07, 6.45) is 0.731. The highest BCUT2D eigenvalue weighted by atomic mass is 35.5. The molecule has 32 heavy (non-hydrogen) atoms. The van der Waals surface area contributed by atoms with Crippen molar-refractivity contribution in [2.45, 2.75) is 45.0 Å². The van der Waals surface area contributed by atoms with Crippen molar-refractivity contribution in [1.82, 2.24) is 20.1 Å². The summed E-state index contributed by atoms with van der Waals surface area (Å²) in [6.45, 7) is 7.61. The Morgan fingerprint density at radius 3 is 2.81 bits per heavy atom. The van der Waals surface area contributed by atoms with Gasteiger partial charge in [0, 0.05) is 50.6 Å². The summed E-state index contributed by atoms with van der Waals surface area (Å²) in [4.78, 5) is 36.0. The molecule has 0 unspecified atom stereocenters. The Morgan fingerprint density at radius 2 is 2.12 bits per heavy atom. The molecular formula is C21H28ClN5O3S2. The minimum Gasteiger partial charge on any atom is -0.378 e. The normalized spacial score (nSPS) is 21.7. The van der Waals surface area contributed by atoms with Crippen LogP contribution in [0.3, 0.4) is 0 Å². The highest BCUT2D eigenvalue weighted by molar-refractivity contribution is 7.18. The molecule has 11 heteroatoms. The van der Waals surface area contributed by atoms with E-state index in [9.17, 15) is 9.59 Å².